The van der Waals surface area contributed by atoms with E-state index in [0.29, 0.717) is 26.2 Å². The zero-order valence-corrected chi connectivity index (χ0v) is 18.5. The molecule has 1 fully saturated rings. The van der Waals surface area contributed by atoms with Crippen molar-refractivity contribution in [3.05, 3.63) is 65.5 Å². The highest BCUT2D eigenvalue weighted by atomic mass is 32.2. The summed E-state index contributed by atoms with van der Waals surface area (Å²) in [7, 11) is -1.79. The molecule has 1 amide bonds. The van der Waals surface area contributed by atoms with E-state index in [4.69, 9.17) is 0 Å². The zero-order valence-electron chi connectivity index (χ0n) is 17.7. The number of amides is 1. The minimum atomic E-state index is -3.65. The lowest BCUT2D eigenvalue weighted by molar-refractivity contribution is -0.133. The maximum absolute atomic E-state index is 13.1. The van der Waals surface area contributed by atoms with E-state index in [1.165, 1.54) is 27.6 Å². The molecule has 0 saturated carbocycles. The van der Waals surface area contributed by atoms with Crippen LogP contribution in [-0.2, 0) is 21.2 Å². The fourth-order valence-corrected chi connectivity index (χ4v) is 5.91. The maximum Gasteiger partial charge on any atom is 0.243 e. The number of halogens is 1. The molecule has 0 bridgehead atoms. The van der Waals surface area contributed by atoms with Crippen molar-refractivity contribution < 1.29 is 17.6 Å². The second kappa shape index (κ2) is 9.06. The van der Waals surface area contributed by atoms with Gasteiger partial charge < -0.3 is 4.90 Å². The van der Waals surface area contributed by atoms with Crippen LogP contribution in [0, 0.1) is 5.82 Å². The first-order valence-electron chi connectivity index (χ1n) is 10.7. The summed E-state index contributed by atoms with van der Waals surface area (Å²) >= 11 is 0. The monoisotopic (exact) mass is 445 g/mol. The first kappa shape index (κ1) is 21.9. The second-order valence-electron chi connectivity index (χ2n) is 8.25. The van der Waals surface area contributed by atoms with Gasteiger partial charge >= 0.3 is 0 Å². The standard InChI is InChI=1S/C23H28FN3O3S/c1-25(22-8-4-6-18-5-2-3-7-21(18)22)23(28)17-26-13-15-27(16-14-26)31(29,30)20-11-9-19(24)10-12-20/h2-3,5,7,9-12,22H,4,6,8,13-17H2,1H3. The molecule has 2 aromatic rings. The number of rotatable bonds is 5. The number of likely N-dealkylation sites (N-methyl/N-ethyl adjacent to an activating group) is 1. The number of carbonyl (C=O) groups excluding carboxylic acids is 1. The first-order valence-corrected chi connectivity index (χ1v) is 12.1. The van der Waals surface area contributed by atoms with Gasteiger partial charge in [0.15, 0.2) is 0 Å². The Balaban J connectivity index is 1.35. The Morgan fingerprint density at radius 1 is 1.06 bits per heavy atom. The largest absolute Gasteiger partial charge is 0.338 e. The van der Waals surface area contributed by atoms with E-state index in [9.17, 15) is 17.6 Å². The summed E-state index contributed by atoms with van der Waals surface area (Å²) in [5.74, 6) is -0.413. The fourth-order valence-electron chi connectivity index (χ4n) is 4.49. The third kappa shape index (κ3) is 4.66. The first-order chi connectivity index (χ1) is 14.9. The number of sulfonamides is 1. The number of fused-ring (bicyclic) bond motifs is 1. The smallest absolute Gasteiger partial charge is 0.243 e. The lowest BCUT2D eigenvalue weighted by Gasteiger charge is -2.37. The van der Waals surface area contributed by atoms with Gasteiger partial charge in [0.2, 0.25) is 15.9 Å². The highest BCUT2D eigenvalue weighted by Gasteiger charge is 2.31. The van der Waals surface area contributed by atoms with Crippen molar-refractivity contribution in [2.24, 2.45) is 0 Å². The molecule has 166 valence electrons. The molecular weight excluding hydrogens is 417 g/mol. The van der Waals surface area contributed by atoms with E-state index in [-0.39, 0.29) is 23.4 Å². The number of aryl methyl sites for hydroxylation is 1. The van der Waals surface area contributed by atoms with Crippen LogP contribution in [0.25, 0.3) is 0 Å². The molecule has 1 heterocycles. The average Bonchev–Trinajstić information content (AvgIpc) is 2.79. The number of hydrogen-bond donors (Lipinski definition) is 0. The Kier molecular flexibility index (Phi) is 6.41. The summed E-state index contributed by atoms with van der Waals surface area (Å²) in [5.41, 5.74) is 2.55. The van der Waals surface area contributed by atoms with Crippen LogP contribution in [0.4, 0.5) is 4.39 Å². The van der Waals surface area contributed by atoms with Gasteiger partial charge in [0.1, 0.15) is 5.82 Å². The summed E-state index contributed by atoms with van der Waals surface area (Å²) in [6, 6.07) is 13.3. The van der Waals surface area contributed by atoms with E-state index in [1.54, 1.807) is 0 Å². The molecule has 1 aliphatic carbocycles. The van der Waals surface area contributed by atoms with Crippen molar-refractivity contribution in [3.63, 3.8) is 0 Å². The van der Waals surface area contributed by atoms with E-state index in [2.05, 4.69) is 12.1 Å². The van der Waals surface area contributed by atoms with Gasteiger partial charge in [-0.25, -0.2) is 12.8 Å². The van der Waals surface area contributed by atoms with Gasteiger partial charge in [0, 0.05) is 33.2 Å². The molecule has 8 heteroatoms. The molecular formula is C23H28FN3O3S. The predicted octanol–water partition coefficient (Wildman–Crippen LogP) is 2.67. The third-order valence-corrected chi connectivity index (χ3v) is 8.25. The minimum absolute atomic E-state index is 0.0524. The van der Waals surface area contributed by atoms with Gasteiger partial charge in [-0.05, 0) is 54.7 Å². The van der Waals surface area contributed by atoms with Crippen molar-refractivity contribution in [3.8, 4) is 0 Å². The number of benzene rings is 2. The number of hydrogen-bond acceptors (Lipinski definition) is 4. The minimum Gasteiger partial charge on any atom is -0.338 e. The van der Waals surface area contributed by atoms with E-state index in [1.807, 2.05) is 29.0 Å². The molecule has 0 radical (unpaired) electrons. The van der Waals surface area contributed by atoms with Crippen LogP contribution < -0.4 is 0 Å². The lowest BCUT2D eigenvalue weighted by Crippen LogP contribution is -2.51. The molecule has 0 aromatic heterocycles. The number of nitrogens with zero attached hydrogens (tertiary/aromatic N) is 3. The van der Waals surface area contributed by atoms with Crippen LogP contribution >= 0.6 is 0 Å². The van der Waals surface area contributed by atoms with Crippen LogP contribution in [0.1, 0.15) is 30.0 Å². The summed E-state index contributed by atoms with van der Waals surface area (Å²) in [4.78, 5) is 16.9. The predicted molar refractivity (Wildman–Crippen MR) is 116 cm³/mol. The molecule has 0 N–H and O–H groups in total. The fraction of sp³-hybridized carbons (Fsp3) is 0.435. The molecule has 6 nitrogen and oxygen atoms in total. The summed E-state index contributed by atoms with van der Waals surface area (Å²) in [5, 5.41) is 0. The quantitative estimate of drug-likeness (QED) is 0.710. The number of carbonyl (C=O) groups is 1. The summed E-state index contributed by atoms with van der Waals surface area (Å²) in [6.07, 6.45) is 3.08. The maximum atomic E-state index is 13.1. The summed E-state index contributed by atoms with van der Waals surface area (Å²) in [6.45, 7) is 1.87. The van der Waals surface area contributed by atoms with Crippen LogP contribution in [0.5, 0.6) is 0 Å². The average molecular weight is 446 g/mol. The van der Waals surface area contributed by atoms with Crippen molar-refractivity contribution in [1.29, 1.82) is 0 Å². The number of piperazine rings is 1. The van der Waals surface area contributed by atoms with Crippen LogP contribution in [0.15, 0.2) is 53.4 Å². The van der Waals surface area contributed by atoms with E-state index in [0.717, 1.165) is 31.4 Å². The van der Waals surface area contributed by atoms with Crippen molar-refractivity contribution >= 4 is 15.9 Å². The molecule has 0 spiro atoms. The molecule has 1 unspecified atom stereocenters. The van der Waals surface area contributed by atoms with Crippen molar-refractivity contribution in [1.82, 2.24) is 14.1 Å². The summed E-state index contributed by atoms with van der Waals surface area (Å²) < 4.78 is 40.1. The van der Waals surface area contributed by atoms with Crippen molar-refractivity contribution in [2.75, 3.05) is 39.8 Å². The molecule has 31 heavy (non-hydrogen) atoms. The van der Waals surface area contributed by atoms with Gasteiger partial charge in [0.25, 0.3) is 0 Å². The second-order valence-corrected chi connectivity index (χ2v) is 10.2. The van der Waals surface area contributed by atoms with Crippen LogP contribution in [0.2, 0.25) is 0 Å². The SMILES string of the molecule is CN(C(=O)CN1CCN(S(=O)(=O)c2ccc(F)cc2)CC1)C1CCCc2ccccc21. The Morgan fingerprint density at radius 3 is 2.45 bits per heavy atom. The van der Waals surface area contributed by atoms with Crippen LogP contribution in [-0.4, -0.2) is 68.2 Å². The molecule has 1 atom stereocenters. The van der Waals surface area contributed by atoms with Gasteiger partial charge in [0.05, 0.1) is 17.5 Å². The van der Waals surface area contributed by atoms with Crippen LogP contribution in [0.3, 0.4) is 0 Å². The Labute approximate surface area is 183 Å². The topological polar surface area (TPSA) is 60.9 Å². The van der Waals surface area contributed by atoms with Gasteiger partial charge in [-0.15, -0.1) is 0 Å². The highest BCUT2D eigenvalue weighted by Crippen LogP contribution is 2.33. The normalized spacial score (nSPS) is 20.3. The molecule has 4 rings (SSSR count). The van der Waals surface area contributed by atoms with Crippen molar-refractivity contribution in [2.45, 2.75) is 30.2 Å². The lowest BCUT2D eigenvalue weighted by atomic mass is 9.87. The van der Waals surface area contributed by atoms with Gasteiger partial charge in [-0.1, -0.05) is 24.3 Å². The molecule has 2 aliphatic rings. The zero-order chi connectivity index (χ0) is 22.0. The highest BCUT2D eigenvalue weighted by molar-refractivity contribution is 7.89. The molecule has 1 aliphatic heterocycles. The Bertz CT molecular complexity index is 1030. The Morgan fingerprint density at radius 2 is 1.74 bits per heavy atom. The van der Waals surface area contributed by atoms with E-state index < -0.39 is 15.8 Å². The molecule has 2 aromatic carbocycles. The Hall–Kier alpha value is -2.29. The van der Waals surface area contributed by atoms with E-state index >= 15 is 0 Å². The van der Waals surface area contributed by atoms with Gasteiger partial charge in [-0.3, -0.25) is 9.69 Å². The molecule has 1 saturated heterocycles. The van der Waals surface area contributed by atoms with Gasteiger partial charge in [-0.2, -0.15) is 4.31 Å². The third-order valence-electron chi connectivity index (χ3n) is 6.34.